The van der Waals surface area contributed by atoms with Crippen LogP contribution in [0.1, 0.15) is 27.3 Å². The second-order valence-electron chi connectivity index (χ2n) is 6.02. The Hall–Kier alpha value is -2.92. The largest absolute Gasteiger partial charge is 0.324 e. The molecule has 1 amide bonds. The number of carbonyl (C=O) groups is 1. The van der Waals surface area contributed by atoms with Crippen molar-refractivity contribution in [3.63, 3.8) is 0 Å². The lowest BCUT2D eigenvalue weighted by Crippen LogP contribution is -2.16. The number of halogens is 1. The molecule has 0 saturated heterocycles. The van der Waals surface area contributed by atoms with Crippen LogP contribution < -0.4 is 10.6 Å². The van der Waals surface area contributed by atoms with Gasteiger partial charge in [-0.2, -0.15) is 0 Å². The fraction of sp³-hybridized carbons (Fsp3) is 0.150. The van der Waals surface area contributed by atoms with Crippen molar-refractivity contribution in [2.24, 2.45) is 0 Å². The van der Waals surface area contributed by atoms with Gasteiger partial charge in [0.05, 0.1) is 0 Å². The maximum atomic E-state index is 12.6. The standard InChI is InChI=1S/C20H19ClN4O/c1-12-7-4-5-9-16(12)23-19(26)18-11-13(2)22-20(25-18)24-17-10-6-8-15(21)14(17)3/h4-11H,1-3H3,(H,23,26)(H,22,24,25). The Morgan fingerprint density at radius 3 is 2.46 bits per heavy atom. The van der Waals surface area contributed by atoms with E-state index in [1.807, 2.05) is 63.2 Å². The number of hydrogen-bond donors (Lipinski definition) is 2. The van der Waals surface area contributed by atoms with E-state index in [9.17, 15) is 4.79 Å². The highest BCUT2D eigenvalue weighted by Crippen LogP contribution is 2.25. The zero-order chi connectivity index (χ0) is 18.7. The average Bonchev–Trinajstić information content (AvgIpc) is 2.60. The number of nitrogens with one attached hydrogen (secondary N) is 2. The molecule has 0 atom stereocenters. The Morgan fingerprint density at radius 2 is 1.69 bits per heavy atom. The zero-order valence-corrected chi connectivity index (χ0v) is 15.6. The van der Waals surface area contributed by atoms with Crippen LogP contribution in [-0.2, 0) is 0 Å². The van der Waals surface area contributed by atoms with Crippen LogP contribution in [0.2, 0.25) is 5.02 Å². The van der Waals surface area contributed by atoms with Gasteiger partial charge < -0.3 is 10.6 Å². The first-order valence-corrected chi connectivity index (χ1v) is 8.56. The Kier molecular flexibility index (Phi) is 5.19. The van der Waals surface area contributed by atoms with Crippen molar-refractivity contribution in [3.8, 4) is 0 Å². The van der Waals surface area contributed by atoms with Gasteiger partial charge in [-0.15, -0.1) is 0 Å². The molecule has 0 aliphatic heterocycles. The smallest absolute Gasteiger partial charge is 0.274 e. The fourth-order valence-electron chi connectivity index (χ4n) is 2.50. The van der Waals surface area contributed by atoms with E-state index < -0.39 is 0 Å². The Balaban J connectivity index is 1.86. The first-order valence-electron chi connectivity index (χ1n) is 8.19. The molecule has 0 bridgehead atoms. The van der Waals surface area contributed by atoms with E-state index in [1.54, 1.807) is 6.07 Å². The topological polar surface area (TPSA) is 66.9 Å². The molecular formula is C20H19ClN4O. The van der Waals surface area contributed by atoms with Crippen LogP contribution >= 0.6 is 11.6 Å². The predicted molar refractivity (Wildman–Crippen MR) is 105 cm³/mol. The van der Waals surface area contributed by atoms with Crippen molar-refractivity contribution in [2.75, 3.05) is 10.6 Å². The molecule has 1 heterocycles. The van der Waals surface area contributed by atoms with E-state index in [-0.39, 0.29) is 5.91 Å². The molecule has 3 rings (SSSR count). The van der Waals surface area contributed by atoms with Crippen molar-refractivity contribution in [2.45, 2.75) is 20.8 Å². The first kappa shape index (κ1) is 17.9. The summed E-state index contributed by atoms with van der Waals surface area (Å²) < 4.78 is 0. The second kappa shape index (κ2) is 7.54. The average molecular weight is 367 g/mol. The van der Waals surface area contributed by atoms with Crippen molar-refractivity contribution in [1.82, 2.24) is 9.97 Å². The molecule has 3 aromatic rings. The van der Waals surface area contributed by atoms with Gasteiger partial charge in [-0.3, -0.25) is 4.79 Å². The van der Waals surface area contributed by atoms with Gasteiger partial charge in [0, 0.05) is 22.1 Å². The van der Waals surface area contributed by atoms with E-state index in [0.717, 1.165) is 22.5 Å². The highest BCUT2D eigenvalue weighted by Gasteiger charge is 2.13. The number of aromatic nitrogens is 2. The van der Waals surface area contributed by atoms with Gasteiger partial charge in [0.25, 0.3) is 5.91 Å². The molecule has 2 N–H and O–H groups in total. The summed E-state index contributed by atoms with van der Waals surface area (Å²) in [5.41, 5.74) is 4.42. The summed E-state index contributed by atoms with van der Waals surface area (Å²) in [7, 11) is 0. The van der Waals surface area contributed by atoms with Crippen LogP contribution in [0, 0.1) is 20.8 Å². The fourth-order valence-corrected chi connectivity index (χ4v) is 2.68. The van der Waals surface area contributed by atoms with Gasteiger partial charge in [0.2, 0.25) is 5.95 Å². The lowest BCUT2D eigenvalue weighted by molar-refractivity contribution is 0.102. The normalized spacial score (nSPS) is 10.5. The molecule has 5 nitrogen and oxygen atoms in total. The van der Waals surface area contributed by atoms with Crippen LogP contribution in [0.25, 0.3) is 0 Å². The lowest BCUT2D eigenvalue weighted by Gasteiger charge is -2.12. The molecule has 26 heavy (non-hydrogen) atoms. The van der Waals surface area contributed by atoms with Crippen LogP contribution in [-0.4, -0.2) is 15.9 Å². The number of aryl methyl sites for hydroxylation is 2. The second-order valence-corrected chi connectivity index (χ2v) is 6.43. The summed E-state index contributed by atoms with van der Waals surface area (Å²) in [6.45, 7) is 5.67. The predicted octanol–water partition coefficient (Wildman–Crippen LogP) is 5.05. The molecule has 0 radical (unpaired) electrons. The minimum atomic E-state index is -0.282. The maximum Gasteiger partial charge on any atom is 0.274 e. The highest BCUT2D eigenvalue weighted by molar-refractivity contribution is 6.31. The van der Waals surface area contributed by atoms with Gasteiger partial charge in [0.1, 0.15) is 5.69 Å². The van der Waals surface area contributed by atoms with E-state index >= 15 is 0 Å². The van der Waals surface area contributed by atoms with E-state index in [2.05, 4.69) is 20.6 Å². The molecule has 0 spiro atoms. The van der Waals surface area contributed by atoms with Crippen molar-refractivity contribution >= 4 is 34.8 Å². The third-order valence-corrected chi connectivity index (χ3v) is 4.40. The minimum absolute atomic E-state index is 0.282. The van der Waals surface area contributed by atoms with Crippen molar-refractivity contribution in [3.05, 3.63) is 76.1 Å². The summed E-state index contributed by atoms with van der Waals surface area (Å²) in [5, 5.41) is 6.68. The summed E-state index contributed by atoms with van der Waals surface area (Å²) >= 11 is 6.15. The third kappa shape index (κ3) is 4.00. The minimum Gasteiger partial charge on any atom is -0.324 e. The molecule has 0 aliphatic rings. The maximum absolute atomic E-state index is 12.6. The molecule has 1 aromatic heterocycles. The Bertz CT molecular complexity index is 972. The summed E-state index contributed by atoms with van der Waals surface area (Å²) in [6, 6.07) is 14.8. The Morgan fingerprint density at radius 1 is 0.962 bits per heavy atom. The molecular weight excluding hydrogens is 348 g/mol. The molecule has 0 aliphatic carbocycles. The summed E-state index contributed by atoms with van der Waals surface area (Å²) in [6.07, 6.45) is 0. The number of amides is 1. The molecule has 0 fully saturated rings. The third-order valence-electron chi connectivity index (χ3n) is 3.99. The summed E-state index contributed by atoms with van der Waals surface area (Å²) in [4.78, 5) is 21.3. The van der Waals surface area contributed by atoms with E-state index in [1.165, 1.54) is 0 Å². The molecule has 6 heteroatoms. The first-order chi connectivity index (χ1) is 12.4. The number of rotatable bonds is 4. The number of nitrogens with zero attached hydrogens (tertiary/aromatic N) is 2. The number of carbonyl (C=O) groups excluding carboxylic acids is 1. The molecule has 0 saturated carbocycles. The zero-order valence-electron chi connectivity index (χ0n) is 14.8. The van der Waals surface area contributed by atoms with Crippen LogP contribution in [0.3, 0.4) is 0 Å². The Labute approximate surface area is 157 Å². The van der Waals surface area contributed by atoms with Gasteiger partial charge in [-0.25, -0.2) is 9.97 Å². The number of benzene rings is 2. The van der Waals surface area contributed by atoms with Gasteiger partial charge in [-0.05, 0) is 56.2 Å². The van der Waals surface area contributed by atoms with Gasteiger partial charge in [0.15, 0.2) is 0 Å². The van der Waals surface area contributed by atoms with Crippen LogP contribution in [0.5, 0.6) is 0 Å². The van der Waals surface area contributed by atoms with Gasteiger partial charge in [-0.1, -0.05) is 35.9 Å². The lowest BCUT2D eigenvalue weighted by atomic mass is 10.2. The van der Waals surface area contributed by atoms with Crippen molar-refractivity contribution in [1.29, 1.82) is 0 Å². The summed E-state index contributed by atoms with van der Waals surface area (Å²) in [5.74, 6) is 0.0703. The SMILES string of the molecule is Cc1cc(C(=O)Nc2ccccc2C)nc(Nc2cccc(Cl)c2C)n1. The number of anilines is 3. The van der Waals surface area contributed by atoms with Crippen molar-refractivity contribution < 1.29 is 4.79 Å². The molecule has 2 aromatic carbocycles. The quantitative estimate of drug-likeness (QED) is 0.678. The molecule has 132 valence electrons. The monoisotopic (exact) mass is 366 g/mol. The molecule has 0 unspecified atom stereocenters. The van der Waals surface area contributed by atoms with Crippen LogP contribution in [0.15, 0.2) is 48.5 Å². The number of hydrogen-bond acceptors (Lipinski definition) is 4. The van der Waals surface area contributed by atoms with E-state index in [0.29, 0.717) is 22.4 Å². The highest BCUT2D eigenvalue weighted by atomic mass is 35.5. The van der Waals surface area contributed by atoms with E-state index in [4.69, 9.17) is 11.6 Å². The van der Waals surface area contributed by atoms with Crippen LogP contribution in [0.4, 0.5) is 17.3 Å². The number of para-hydroxylation sites is 1. The van der Waals surface area contributed by atoms with Gasteiger partial charge >= 0.3 is 0 Å².